The van der Waals surface area contributed by atoms with Gasteiger partial charge in [-0.15, -0.1) is 11.8 Å². The normalized spacial score (nSPS) is 10.6. The molecule has 1 heterocycles. The van der Waals surface area contributed by atoms with Crippen LogP contribution in [-0.2, 0) is 0 Å². The number of hydrogen-bond donors (Lipinski definition) is 1. The lowest BCUT2D eigenvalue weighted by molar-refractivity contribution is 1.09. The molecule has 0 amide bonds. The number of para-hydroxylation sites is 1. The number of benzene rings is 1. The number of aromatic nitrogens is 2. The molecule has 1 aromatic carbocycles. The van der Waals surface area contributed by atoms with Gasteiger partial charge >= 0.3 is 0 Å². The number of fused-ring (bicyclic) bond motifs is 1. The average molecular weight is 205 g/mol. The Morgan fingerprint density at radius 1 is 1.21 bits per heavy atom. The fourth-order valence-corrected chi connectivity index (χ4v) is 2.01. The van der Waals surface area contributed by atoms with Gasteiger partial charge in [0, 0.05) is 17.7 Å². The Kier molecular flexibility index (Phi) is 2.96. The van der Waals surface area contributed by atoms with Crippen molar-refractivity contribution in [3.8, 4) is 0 Å². The zero-order valence-corrected chi connectivity index (χ0v) is 8.50. The van der Waals surface area contributed by atoms with E-state index in [4.69, 9.17) is 5.73 Å². The maximum absolute atomic E-state index is 5.46. The Morgan fingerprint density at radius 2 is 2.07 bits per heavy atom. The van der Waals surface area contributed by atoms with E-state index in [9.17, 15) is 0 Å². The van der Waals surface area contributed by atoms with Crippen LogP contribution >= 0.6 is 11.8 Å². The Bertz CT molecular complexity index is 425. The number of thioether (sulfide) groups is 1. The van der Waals surface area contributed by atoms with Gasteiger partial charge in [-0.25, -0.2) is 9.97 Å². The number of hydrogen-bond acceptors (Lipinski definition) is 4. The van der Waals surface area contributed by atoms with Crippen molar-refractivity contribution in [2.24, 2.45) is 5.73 Å². The summed E-state index contributed by atoms with van der Waals surface area (Å²) in [5.41, 5.74) is 6.44. The second-order valence-corrected chi connectivity index (χ2v) is 3.92. The molecule has 0 spiro atoms. The minimum atomic E-state index is 0.670. The summed E-state index contributed by atoms with van der Waals surface area (Å²) < 4.78 is 0. The molecule has 14 heavy (non-hydrogen) atoms. The molecule has 2 aromatic rings. The number of rotatable bonds is 3. The quantitative estimate of drug-likeness (QED) is 0.612. The highest BCUT2D eigenvalue weighted by molar-refractivity contribution is 7.99. The third-order valence-corrected chi connectivity index (χ3v) is 2.90. The van der Waals surface area contributed by atoms with E-state index in [0.717, 1.165) is 21.7 Å². The van der Waals surface area contributed by atoms with E-state index in [2.05, 4.69) is 9.97 Å². The van der Waals surface area contributed by atoms with Gasteiger partial charge in [0.05, 0.1) is 5.52 Å². The standard InChI is InChI=1S/C10H11N3S/c11-5-6-14-10-8-3-1-2-4-9(8)12-7-13-10/h1-4,7H,5-6,11H2. The highest BCUT2D eigenvalue weighted by atomic mass is 32.2. The molecule has 0 saturated heterocycles. The third kappa shape index (κ3) is 1.86. The van der Waals surface area contributed by atoms with E-state index in [-0.39, 0.29) is 0 Å². The Labute approximate surface area is 86.7 Å². The van der Waals surface area contributed by atoms with Crippen LogP contribution in [-0.4, -0.2) is 22.3 Å². The van der Waals surface area contributed by atoms with Crippen molar-refractivity contribution in [2.45, 2.75) is 5.03 Å². The first kappa shape index (κ1) is 9.43. The molecule has 1 aromatic heterocycles. The predicted octanol–water partition coefficient (Wildman–Crippen LogP) is 1.68. The van der Waals surface area contributed by atoms with Crippen LogP contribution in [0.15, 0.2) is 35.6 Å². The minimum Gasteiger partial charge on any atom is -0.330 e. The Balaban J connectivity index is 2.43. The molecule has 0 aliphatic heterocycles. The van der Waals surface area contributed by atoms with Crippen LogP contribution in [0.25, 0.3) is 10.9 Å². The summed E-state index contributed by atoms with van der Waals surface area (Å²) in [5, 5.41) is 2.12. The van der Waals surface area contributed by atoms with Crippen LogP contribution in [0.4, 0.5) is 0 Å². The van der Waals surface area contributed by atoms with E-state index in [1.165, 1.54) is 0 Å². The van der Waals surface area contributed by atoms with E-state index in [1.807, 2.05) is 24.3 Å². The van der Waals surface area contributed by atoms with Crippen molar-refractivity contribution < 1.29 is 0 Å². The summed E-state index contributed by atoms with van der Waals surface area (Å²) in [6.07, 6.45) is 1.60. The van der Waals surface area contributed by atoms with E-state index in [1.54, 1.807) is 18.1 Å². The molecule has 0 radical (unpaired) electrons. The molecule has 72 valence electrons. The summed E-state index contributed by atoms with van der Waals surface area (Å²) in [6.45, 7) is 0.670. The van der Waals surface area contributed by atoms with Gasteiger partial charge in [0.15, 0.2) is 0 Å². The topological polar surface area (TPSA) is 51.8 Å². The zero-order valence-electron chi connectivity index (χ0n) is 7.68. The van der Waals surface area contributed by atoms with Crippen molar-refractivity contribution in [1.29, 1.82) is 0 Å². The van der Waals surface area contributed by atoms with Crippen LogP contribution in [0.5, 0.6) is 0 Å². The Hall–Kier alpha value is -1.13. The summed E-state index contributed by atoms with van der Waals surface area (Å²) in [4.78, 5) is 8.43. The molecule has 4 heteroatoms. The van der Waals surface area contributed by atoms with Gasteiger partial charge in [0.2, 0.25) is 0 Å². The summed E-state index contributed by atoms with van der Waals surface area (Å²) >= 11 is 1.67. The van der Waals surface area contributed by atoms with Gasteiger partial charge in [0.25, 0.3) is 0 Å². The SMILES string of the molecule is NCCSc1ncnc2ccccc12. The van der Waals surface area contributed by atoms with Gasteiger partial charge in [-0.3, -0.25) is 0 Å². The maximum Gasteiger partial charge on any atom is 0.117 e. The molecule has 0 fully saturated rings. The number of nitrogens with zero attached hydrogens (tertiary/aromatic N) is 2. The van der Waals surface area contributed by atoms with Crippen LogP contribution in [0.3, 0.4) is 0 Å². The molecular weight excluding hydrogens is 194 g/mol. The number of nitrogens with two attached hydrogens (primary N) is 1. The van der Waals surface area contributed by atoms with Gasteiger partial charge in [0.1, 0.15) is 11.4 Å². The second-order valence-electron chi connectivity index (χ2n) is 2.83. The summed E-state index contributed by atoms with van der Waals surface area (Å²) in [7, 11) is 0. The zero-order chi connectivity index (χ0) is 9.80. The largest absolute Gasteiger partial charge is 0.330 e. The van der Waals surface area contributed by atoms with Gasteiger partial charge in [-0.1, -0.05) is 18.2 Å². The molecule has 0 atom stereocenters. The third-order valence-electron chi connectivity index (χ3n) is 1.86. The highest BCUT2D eigenvalue weighted by Gasteiger charge is 2.01. The lowest BCUT2D eigenvalue weighted by atomic mass is 10.2. The van der Waals surface area contributed by atoms with E-state index in [0.29, 0.717) is 6.54 Å². The predicted molar refractivity (Wildman–Crippen MR) is 59.3 cm³/mol. The molecule has 0 aliphatic carbocycles. The summed E-state index contributed by atoms with van der Waals surface area (Å²) in [5.74, 6) is 0.890. The van der Waals surface area contributed by atoms with Gasteiger partial charge < -0.3 is 5.73 Å². The minimum absolute atomic E-state index is 0.670. The molecule has 2 N–H and O–H groups in total. The average Bonchev–Trinajstić information content (AvgIpc) is 2.26. The van der Waals surface area contributed by atoms with Crippen LogP contribution in [0, 0.1) is 0 Å². The lowest BCUT2D eigenvalue weighted by Gasteiger charge is -2.02. The van der Waals surface area contributed by atoms with Crippen molar-refractivity contribution in [3.63, 3.8) is 0 Å². The smallest absolute Gasteiger partial charge is 0.117 e. The highest BCUT2D eigenvalue weighted by Crippen LogP contribution is 2.23. The van der Waals surface area contributed by atoms with Crippen molar-refractivity contribution in [2.75, 3.05) is 12.3 Å². The van der Waals surface area contributed by atoms with E-state index < -0.39 is 0 Å². The fourth-order valence-electron chi connectivity index (χ4n) is 1.25. The van der Waals surface area contributed by atoms with Crippen LogP contribution in [0.2, 0.25) is 0 Å². The fraction of sp³-hybridized carbons (Fsp3) is 0.200. The molecular formula is C10H11N3S. The lowest BCUT2D eigenvalue weighted by Crippen LogP contribution is -2.01. The second kappa shape index (κ2) is 4.39. The van der Waals surface area contributed by atoms with E-state index >= 15 is 0 Å². The van der Waals surface area contributed by atoms with Crippen molar-refractivity contribution in [3.05, 3.63) is 30.6 Å². The molecule has 0 saturated carbocycles. The first-order valence-electron chi connectivity index (χ1n) is 4.44. The first-order valence-corrected chi connectivity index (χ1v) is 5.43. The molecule has 0 bridgehead atoms. The maximum atomic E-state index is 5.46. The van der Waals surface area contributed by atoms with Crippen LogP contribution in [0.1, 0.15) is 0 Å². The molecule has 2 rings (SSSR count). The van der Waals surface area contributed by atoms with Gasteiger partial charge in [-0.2, -0.15) is 0 Å². The first-order chi connectivity index (χ1) is 6.92. The van der Waals surface area contributed by atoms with Crippen LogP contribution < -0.4 is 5.73 Å². The van der Waals surface area contributed by atoms with Gasteiger partial charge in [-0.05, 0) is 6.07 Å². The molecule has 3 nitrogen and oxygen atoms in total. The molecule has 0 aliphatic rings. The monoisotopic (exact) mass is 205 g/mol. The molecule has 0 unspecified atom stereocenters. The Morgan fingerprint density at radius 3 is 2.93 bits per heavy atom. The summed E-state index contributed by atoms with van der Waals surface area (Å²) in [6, 6.07) is 8.00. The van der Waals surface area contributed by atoms with Crippen molar-refractivity contribution in [1.82, 2.24) is 9.97 Å². The van der Waals surface area contributed by atoms with Crippen molar-refractivity contribution >= 4 is 22.7 Å².